The van der Waals surface area contributed by atoms with Crippen molar-refractivity contribution in [1.29, 1.82) is 0 Å². The number of rotatable bonds is 7. The number of amides is 1. The molecule has 0 aliphatic heterocycles. The van der Waals surface area contributed by atoms with E-state index in [-0.39, 0.29) is 23.7 Å². The van der Waals surface area contributed by atoms with E-state index in [9.17, 15) is 9.18 Å². The number of hydrogen-bond donors (Lipinski definition) is 3. The van der Waals surface area contributed by atoms with Crippen molar-refractivity contribution in [2.45, 2.75) is 38.1 Å². The number of aromatic amines is 1. The average molecular weight is 421 g/mol. The van der Waals surface area contributed by atoms with Gasteiger partial charge in [0.1, 0.15) is 11.6 Å². The third kappa shape index (κ3) is 5.39. The molecule has 1 amide bonds. The SMILES string of the molecule is NCC1CCC(C(=O)NC(Cc2ccccc2)c2nc(-c3ccc(F)cc3)c[nH]2)CC1. The second kappa shape index (κ2) is 9.88. The van der Waals surface area contributed by atoms with Crippen LogP contribution in [0.15, 0.2) is 60.8 Å². The Bertz CT molecular complexity index is 978. The quantitative estimate of drug-likeness (QED) is 0.530. The lowest BCUT2D eigenvalue weighted by Crippen LogP contribution is -2.37. The van der Waals surface area contributed by atoms with Gasteiger partial charge in [-0.15, -0.1) is 0 Å². The number of aromatic nitrogens is 2. The van der Waals surface area contributed by atoms with Gasteiger partial charge in [0.2, 0.25) is 5.91 Å². The molecule has 0 radical (unpaired) electrons. The standard InChI is InChI=1S/C25H29FN4O/c26-21-12-10-19(11-13-21)23-16-28-24(29-23)22(14-17-4-2-1-3-5-17)30-25(31)20-8-6-18(15-27)7-9-20/h1-5,10-13,16,18,20,22H,6-9,14-15,27H2,(H,28,29)(H,30,31). The monoisotopic (exact) mass is 420 g/mol. The average Bonchev–Trinajstić information content (AvgIpc) is 3.30. The summed E-state index contributed by atoms with van der Waals surface area (Å²) in [6.07, 6.45) is 6.22. The maximum Gasteiger partial charge on any atom is 0.223 e. The summed E-state index contributed by atoms with van der Waals surface area (Å²) in [7, 11) is 0. The molecule has 4 N–H and O–H groups in total. The molecule has 162 valence electrons. The molecule has 1 saturated carbocycles. The number of benzene rings is 2. The summed E-state index contributed by atoms with van der Waals surface area (Å²) >= 11 is 0. The van der Waals surface area contributed by atoms with Crippen molar-refractivity contribution < 1.29 is 9.18 Å². The predicted molar refractivity (Wildman–Crippen MR) is 120 cm³/mol. The number of nitrogens with one attached hydrogen (secondary N) is 2. The van der Waals surface area contributed by atoms with E-state index in [4.69, 9.17) is 10.7 Å². The highest BCUT2D eigenvalue weighted by atomic mass is 19.1. The second-order valence-corrected chi connectivity index (χ2v) is 8.38. The van der Waals surface area contributed by atoms with Gasteiger partial charge >= 0.3 is 0 Å². The van der Waals surface area contributed by atoms with Gasteiger partial charge in [0.05, 0.1) is 11.7 Å². The molecule has 1 atom stereocenters. The number of imidazole rings is 1. The Morgan fingerprint density at radius 1 is 1.10 bits per heavy atom. The van der Waals surface area contributed by atoms with E-state index in [1.54, 1.807) is 18.3 Å². The topological polar surface area (TPSA) is 83.8 Å². The Labute approximate surface area is 182 Å². The van der Waals surface area contributed by atoms with Crippen molar-refractivity contribution in [3.63, 3.8) is 0 Å². The van der Waals surface area contributed by atoms with Gasteiger partial charge in [-0.2, -0.15) is 0 Å². The fraction of sp³-hybridized carbons (Fsp3) is 0.360. The van der Waals surface area contributed by atoms with Crippen LogP contribution < -0.4 is 11.1 Å². The highest BCUT2D eigenvalue weighted by Gasteiger charge is 2.28. The first kappa shape index (κ1) is 21.2. The Morgan fingerprint density at radius 2 is 1.81 bits per heavy atom. The van der Waals surface area contributed by atoms with Crippen LogP contribution in [0.3, 0.4) is 0 Å². The number of nitrogens with two attached hydrogens (primary N) is 1. The van der Waals surface area contributed by atoms with E-state index in [0.717, 1.165) is 42.5 Å². The van der Waals surface area contributed by atoms with Crippen LogP contribution in [-0.2, 0) is 11.2 Å². The molecular weight excluding hydrogens is 391 g/mol. The van der Waals surface area contributed by atoms with Gasteiger partial charge < -0.3 is 16.0 Å². The molecule has 1 aliphatic rings. The highest BCUT2D eigenvalue weighted by molar-refractivity contribution is 5.79. The minimum Gasteiger partial charge on any atom is -0.346 e. The third-order valence-corrected chi connectivity index (χ3v) is 6.22. The van der Waals surface area contributed by atoms with Crippen molar-refractivity contribution in [1.82, 2.24) is 15.3 Å². The molecule has 0 bridgehead atoms. The molecule has 1 aliphatic carbocycles. The summed E-state index contributed by atoms with van der Waals surface area (Å²) in [4.78, 5) is 21.0. The molecule has 6 heteroatoms. The Hall–Kier alpha value is -2.99. The summed E-state index contributed by atoms with van der Waals surface area (Å²) in [5, 5.41) is 3.23. The number of hydrogen-bond acceptors (Lipinski definition) is 3. The lowest BCUT2D eigenvalue weighted by molar-refractivity contribution is -0.127. The zero-order valence-corrected chi connectivity index (χ0v) is 17.6. The number of carbonyl (C=O) groups is 1. The van der Waals surface area contributed by atoms with Gasteiger partial charge in [0.15, 0.2) is 0 Å². The van der Waals surface area contributed by atoms with Crippen molar-refractivity contribution in [2.24, 2.45) is 17.6 Å². The summed E-state index contributed by atoms with van der Waals surface area (Å²) < 4.78 is 13.3. The Morgan fingerprint density at radius 3 is 2.48 bits per heavy atom. The predicted octanol–water partition coefficient (Wildman–Crippen LogP) is 4.38. The zero-order valence-electron chi connectivity index (χ0n) is 17.6. The van der Waals surface area contributed by atoms with Gasteiger partial charge in [-0.3, -0.25) is 4.79 Å². The molecule has 1 heterocycles. The van der Waals surface area contributed by atoms with Crippen LogP contribution in [0.5, 0.6) is 0 Å². The van der Waals surface area contributed by atoms with Gasteiger partial charge in [0, 0.05) is 17.7 Å². The molecule has 0 spiro atoms. The molecule has 1 aromatic heterocycles. The molecular formula is C25H29FN4O. The minimum atomic E-state index is -0.280. The maximum absolute atomic E-state index is 13.3. The van der Waals surface area contributed by atoms with E-state index in [1.807, 2.05) is 18.2 Å². The maximum atomic E-state index is 13.3. The summed E-state index contributed by atoms with van der Waals surface area (Å²) in [6, 6.07) is 16.1. The first-order valence-corrected chi connectivity index (χ1v) is 11.0. The summed E-state index contributed by atoms with van der Waals surface area (Å²) in [5.41, 5.74) is 8.47. The van der Waals surface area contributed by atoms with Gasteiger partial charge in [-0.1, -0.05) is 30.3 Å². The van der Waals surface area contributed by atoms with Gasteiger partial charge in [-0.05, 0) is 74.4 Å². The van der Waals surface area contributed by atoms with Crippen molar-refractivity contribution >= 4 is 5.91 Å². The molecule has 1 fully saturated rings. The van der Waals surface area contributed by atoms with Crippen LogP contribution in [0.2, 0.25) is 0 Å². The molecule has 5 nitrogen and oxygen atoms in total. The van der Waals surface area contributed by atoms with Crippen LogP contribution >= 0.6 is 0 Å². The number of nitrogens with zero attached hydrogens (tertiary/aromatic N) is 1. The Kier molecular flexibility index (Phi) is 6.77. The van der Waals surface area contributed by atoms with Crippen LogP contribution in [0.4, 0.5) is 4.39 Å². The largest absolute Gasteiger partial charge is 0.346 e. The van der Waals surface area contributed by atoms with E-state index in [1.165, 1.54) is 12.1 Å². The normalized spacial score (nSPS) is 19.7. The number of H-pyrrole nitrogens is 1. The van der Waals surface area contributed by atoms with Crippen molar-refractivity contribution in [3.8, 4) is 11.3 Å². The van der Waals surface area contributed by atoms with Gasteiger partial charge in [0.25, 0.3) is 0 Å². The first-order valence-electron chi connectivity index (χ1n) is 11.0. The minimum absolute atomic E-state index is 0.0209. The van der Waals surface area contributed by atoms with Crippen LogP contribution in [0.1, 0.15) is 43.1 Å². The highest BCUT2D eigenvalue weighted by Crippen LogP contribution is 2.29. The molecule has 0 saturated heterocycles. The van der Waals surface area contributed by atoms with E-state index >= 15 is 0 Å². The van der Waals surface area contributed by atoms with Crippen molar-refractivity contribution in [3.05, 3.63) is 78.0 Å². The molecule has 4 rings (SSSR count). The van der Waals surface area contributed by atoms with Crippen LogP contribution in [0, 0.1) is 17.7 Å². The van der Waals surface area contributed by atoms with Crippen molar-refractivity contribution in [2.75, 3.05) is 6.54 Å². The van der Waals surface area contributed by atoms with Gasteiger partial charge in [-0.25, -0.2) is 9.37 Å². The van der Waals surface area contributed by atoms with E-state index in [2.05, 4.69) is 22.4 Å². The number of halogens is 1. The second-order valence-electron chi connectivity index (χ2n) is 8.38. The van der Waals surface area contributed by atoms with E-state index < -0.39 is 0 Å². The van der Waals surface area contributed by atoms with E-state index in [0.29, 0.717) is 24.7 Å². The fourth-order valence-electron chi connectivity index (χ4n) is 4.30. The lowest BCUT2D eigenvalue weighted by atomic mass is 9.81. The first-order chi connectivity index (χ1) is 15.1. The molecule has 3 aromatic rings. The third-order valence-electron chi connectivity index (χ3n) is 6.22. The summed E-state index contributed by atoms with van der Waals surface area (Å²) in [6.45, 7) is 0.698. The van der Waals surface area contributed by atoms with Crippen LogP contribution in [0.25, 0.3) is 11.3 Å². The summed E-state index contributed by atoms with van der Waals surface area (Å²) in [5.74, 6) is 1.06. The van der Waals surface area contributed by atoms with Crippen LogP contribution in [-0.4, -0.2) is 22.4 Å². The molecule has 31 heavy (non-hydrogen) atoms. The fourth-order valence-corrected chi connectivity index (χ4v) is 4.30. The Balaban J connectivity index is 1.52. The number of carbonyl (C=O) groups excluding carboxylic acids is 1. The smallest absolute Gasteiger partial charge is 0.223 e. The molecule has 1 unspecified atom stereocenters. The molecule has 2 aromatic carbocycles. The lowest BCUT2D eigenvalue weighted by Gasteiger charge is -2.28. The zero-order chi connectivity index (χ0) is 21.6.